The van der Waals surface area contributed by atoms with E-state index in [1.165, 1.54) is 25.3 Å². The lowest BCUT2D eigenvalue weighted by molar-refractivity contribution is 0.102. The number of benzene rings is 2. The summed E-state index contributed by atoms with van der Waals surface area (Å²) >= 11 is 0. The van der Waals surface area contributed by atoms with E-state index in [2.05, 4.69) is 5.32 Å². The van der Waals surface area contributed by atoms with E-state index < -0.39 is 11.7 Å². The van der Waals surface area contributed by atoms with E-state index in [-0.39, 0.29) is 11.3 Å². The first-order valence-electron chi connectivity index (χ1n) is 5.62. The van der Waals surface area contributed by atoms with Gasteiger partial charge in [0.05, 0.1) is 24.0 Å². The van der Waals surface area contributed by atoms with Crippen LogP contribution in [0.3, 0.4) is 0 Å². The molecule has 0 bridgehead atoms. The molecule has 0 unspecified atom stereocenters. The van der Waals surface area contributed by atoms with Gasteiger partial charge in [-0.3, -0.25) is 4.79 Å². The van der Waals surface area contributed by atoms with Crippen molar-refractivity contribution in [2.75, 3.05) is 18.2 Å². The molecule has 0 atom stereocenters. The number of hydrogen-bond acceptors (Lipinski definition) is 3. The number of carbonyl (C=O) groups excluding carboxylic acids is 1. The molecule has 0 radical (unpaired) electrons. The van der Waals surface area contributed by atoms with Crippen molar-refractivity contribution in [3.8, 4) is 5.75 Å². The molecule has 5 heteroatoms. The second-order valence-electron chi connectivity index (χ2n) is 3.86. The van der Waals surface area contributed by atoms with E-state index in [1.54, 1.807) is 24.3 Å². The molecule has 0 fully saturated rings. The molecule has 1 amide bonds. The Hall–Kier alpha value is -2.56. The van der Waals surface area contributed by atoms with Crippen LogP contribution in [0.5, 0.6) is 5.75 Å². The van der Waals surface area contributed by atoms with Crippen LogP contribution >= 0.6 is 0 Å². The number of ether oxygens (including phenoxy) is 1. The Labute approximate surface area is 110 Å². The van der Waals surface area contributed by atoms with E-state index in [4.69, 9.17) is 10.5 Å². The SMILES string of the molecule is COc1ccccc1NC(=O)c1cccc(F)c1N. The van der Waals surface area contributed by atoms with Crippen molar-refractivity contribution in [1.29, 1.82) is 0 Å². The molecule has 0 aliphatic carbocycles. The van der Waals surface area contributed by atoms with Crippen molar-refractivity contribution in [3.05, 3.63) is 53.8 Å². The maximum atomic E-state index is 13.3. The van der Waals surface area contributed by atoms with Crippen LogP contribution in [0.2, 0.25) is 0 Å². The van der Waals surface area contributed by atoms with Crippen LogP contribution in [0.4, 0.5) is 15.8 Å². The smallest absolute Gasteiger partial charge is 0.257 e. The van der Waals surface area contributed by atoms with Crippen LogP contribution in [0.15, 0.2) is 42.5 Å². The van der Waals surface area contributed by atoms with E-state index in [1.807, 2.05) is 0 Å². The van der Waals surface area contributed by atoms with Crippen LogP contribution in [0, 0.1) is 5.82 Å². The second kappa shape index (κ2) is 5.39. The zero-order chi connectivity index (χ0) is 13.8. The molecule has 0 aliphatic rings. The van der Waals surface area contributed by atoms with Gasteiger partial charge in [0.2, 0.25) is 0 Å². The fraction of sp³-hybridized carbons (Fsp3) is 0.0714. The second-order valence-corrected chi connectivity index (χ2v) is 3.86. The van der Waals surface area contributed by atoms with Crippen molar-refractivity contribution >= 4 is 17.3 Å². The van der Waals surface area contributed by atoms with Gasteiger partial charge in [-0.1, -0.05) is 18.2 Å². The molecule has 0 saturated carbocycles. The predicted molar refractivity (Wildman–Crippen MR) is 71.8 cm³/mol. The number of nitrogen functional groups attached to an aromatic ring is 1. The molecular weight excluding hydrogens is 247 g/mol. The number of nitrogens with one attached hydrogen (secondary N) is 1. The van der Waals surface area contributed by atoms with Crippen LogP contribution in [0.25, 0.3) is 0 Å². The summed E-state index contributed by atoms with van der Waals surface area (Å²) in [7, 11) is 1.50. The molecule has 98 valence electrons. The van der Waals surface area contributed by atoms with Gasteiger partial charge in [-0.2, -0.15) is 0 Å². The average Bonchev–Trinajstić information content (AvgIpc) is 2.42. The van der Waals surface area contributed by atoms with Crippen LogP contribution in [0.1, 0.15) is 10.4 Å². The first-order valence-corrected chi connectivity index (χ1v) is 5.62. The third kappa shape index (κ3) is 2.65. The number of anilines is 2. The third-order valence-electron chi connectivity index (χ3n) is 2.65. The minimum atomic E-state index is -0.618. The van der Waals surface area contributed by atoms with Gasteiger partial charge in [0.1, 0.15) is 11.6 Å². The molecular formula is C14H13FN2O2. The van der Waals surface area contributed by atoms with Crippen molar-refractivity contribution in [2.45, 2.75) is 0 Å². The minimum Gasteiger partial charge on any atom is -0.495 e. The maximum absolute atomic E-state index is 13.3. The lowest BCUT2D eigenvalue weighted by Crippen LogP contribution is -2.15. The van der Waals surface area contributed by atoms with Crippen molar-refractivity contribution in [1.82, 2.24) is 0 Å². The summed E-state index contributed by atoms with van der Waals surface area (Å²) in [6.45, 7) is 0. The van der Waals surface area contributed by atoms with Gasteiger partial charge in [0, 0.05) is 0 Å². The minimum absolute atomic E-state index is 0.0888. The molecule has 19 heavy (non-hydrogen) atoms. The quantitative estimate of drug-likeness (QED) is 0.834. The van der Waals surface area contributed by atoms with Crippen LogP contribution < -0.4 is 15.8 Å². The molecule has 2 aromatic rings. The Morgan fingerprint density at radius 1 is 1.21 bits per heavy atom. The fourth-order valence-corrected chi connectivity index (χ4v) is 1.67. The Kier molecular flexibility index (Phi) is 3.66. The molecule has 0 spiro atoms. The Morgan fingerprint density at radius 3 is 2.68 bits per heavy atom. The summed E-state index contributed by atoms with van der Waals surface area (Å²) in [4.78, 5) is 12.0. The molecule has 2 rings (SSSR count). The number of methoxy groups -OCH3 is 1. The topological polar surface area (TPSA) is 64.3 Å². The summed E-state index contributed by atoms with van der Waals surface area (Å²) in [5.41, 5.74) is 5.96. The van der Waals surface area contributed by atoms with E-state index in [0.29, 0.717) is 11.4 Å². The van der Waals surface area contributed by atoms with E-state index in [0.717, 1.165) is 0 Å². The van der Waals surface area contributed by atoms with E-state index in [9.17, 15) is 9.18 Å². The summed E-state index contributed by atoms with van der Waals surface area (Å²) in [6, 6.07) is 11.0. The molecule has 0 saturated heterocycles. The number of halogens is 1. The monoisotopic (exact) mass is 260 g/mol. The molecule has 0 aliphatic heterocycles. The number of rotatable bonds is 3. The highest BCUT2D eigenvalue weighted by Gasteiger charge is 2.14. The number of para-hydroxylation sites is 3. The van der Waals surface area contributed by atoms with Gasteiger partial charge < -0.3 is 15.8 Å². The first-order chi connectivity index (χ1) is 9.13. The molecule has 0 heterocycles. The van der Waals surface area contributed by atoms with Crippen molar-refractivity contribution < 1.29 is 13.9 Å². The highest BCUT2D eigenvalue weighted by molar-refractivity contribution is 6.08. The lowest BCUT2D eigenvalue weighted by atomic mass is 10.1. The average molecular weight is 260 g/mol. The Balaban J connectivity index is 2.28. The predicted octanol–water partition coefficient (Wildman–Crippen LogP) is 2.67. The molecule has 3 N–H and O–H groups in total. The normalized spacial score (nSPS) is 10.0. The Morgan fingerprint density at radius 2 is 1.95 bits per heavy atom. The number of nitrogens with two attached hydrogens (primary N) is 1. The zero-order valence-corrected chi connectivity index (χ0v) is 10.3. The summed E-state index contributed by atoms with van der Waals surface area (Å²) < 4.78 is 18.4. The van der Waals surface area contributed by atoms with Gasteiger partial charge in [0.25, 0.3) is 5.91 Å². The van der Waals surface area contributed by atoms with Gasteiger partial charge in [-0.05, 0) is 24.3 Å². The lowest BCUT2D eigenvalue weighted by Gasteiger charge is -2.11. The number of carbonyl (C=O) groups is 1. The summed E-state index contributed by atoms with van der Waals surface area (Å²) in [5, 5.41) is 2.64. The standard InChI is InChI=1S/C14H13FN2O2/c1-19-12-8-3-2-7-11(12)17-14(18)9-5-4-6-10(15)13(9)16/h2-8H,16H2,1H3,(H,17,18). The summed E-state index contributed by atoms with van der Waals surface area (Å²) in [5.74, 6) is -0.583. The maximum Gasteiger partial charge on any atom is 0.257 e. The highest BCUT2D eigenvalue weighted by Crippen LogP contribution is 2.25. The number of amides is 1. The zero-order valence-electron chi connectivity index (χ0n) is 10.3. The number of hydrogen-bond donors (Lipinski definition) is 2. The van der Waals surface area contributed by atoms with Gasteiger partial charge >= 0.3 is 0 Å². The van der Waals surface area contributed by atoms with E-state index >= 15 is 0 Å². The van der Waals surface area contributed by atoms with Crippen molar-refractivity contribution in [3.63, 3.8) is 0 Å². The largest absolute Gasteiger partial charge is 0.495 e. The molecule has 0 aromatic heterocycles. The van der Waals surface area contributed by atoms with Crippen molar-refractivity contribution in [2.24, 2.45) is 0 Å². The van der Waals surface area contributed by atoms with Crippen LogP contribution in [-0.2, 0) is 0 Å². The Bertz CT molecular complexity index is 614. The van der Waals surface area contributed by atoms with Gasteiger partial charge in [0.15, 0.2) is 0 Å². The fourth-order valence-electron chi connectivity index (χ4n) is 1.67. The van der Waals surface area contributed by atoms with Gasteiger partial charge in [-0.25, -0.2) is 4.39 Å². The third-order valence-corrected chi connectivity index (χ3v) is 2.65. The molecule has 2 aromatic carbocycles. The highest BCUT2D eigenvalue weighted by atomic mass is 19.1. The first kappa shape index (κ1) is 12.9. The van der Waals surface area contributed by atoms with Gasteiger partial charge in [-0.15, -0.1) is 0 Å². The van der Waals surface area contributed by atoms with Crippen LogP contribution in [-0.4, -0.2) is 13.0 Å². The summed E-state index contributed by atoms with van der Waals surface area (Å²) in [6.07, 6.45) is 0. The molecule has 4 nitrogen and oxygen atoms in total.